The van der Waals surface area contributed by atoms with Gasteiger partial charge in [0.2, 0.25) is 5.91 Å². The Kier molecular flexibility index (Phi) is 5.53. The summed E-state index contributed by atoms with van der Waals surface area (Å²) in [5.74, 6) is 0.0913. The molecule has 0 unspecified atom stereocenters. The molecule has 0 spiro atoms. The lowest BCUT2D eigenvalue weighted by molar-refractivity contribution is -0.120. The van der Waals surface area contributed by atoms with Crippen LogP contribution in [0.2, 0.25) is 0 Å². The van der Waals surface area contributed by atoms with Crippen molar-refractivity contribution in [2.75, 3.05) is 19.6 Å². The smallest absolute Gasteiger partial charge is 0.233 e. The van der Waals surface area contributed by atoms with Crippen molar-refractivity contribution in [2.24, 2.45) is 5.41 Å². The van der Waals surface area contributed by atoms with E-state index >= 15 is 0 Å². The van der Waals surface area contributed by atoms with Crippen molar-refractivity contribution in [3.8, 4) is 0 Å². The first-order chi connectivity index (χ1) is 7.66. The molecule has 1 rings (SSSR count). The van der Waals surface area contributed by atoms with Crippen LogP contribution in [-0.2, 0) is 4.79 Å². The van der Waals surface area contributed by atoms with Crippen molar-refractivity contribution in [2.45, 2.75) is 39.0 Å². The van der Waals surface area contributed by atoms with E-state index in [4.69, 9.17) is 0 Å². The van der Waals surface area contributed by atoms with Crippen LogP contribution in [0.15, 0.2) is 12.7 Å². The average molecular weight is 224 g/mol. The number of amides is 1. The van der Waals surface area contributed by atoms with E-state index < -0.39 is 0 Å². The third-order valence-electron chi connectivity index (χ3n) is 3.35. The fourth-order valence-electron chi connectivity index (χ4n) is 2.24. The summed E-state index contributed by atoms with van der Waals surface area (Å²) in [6.07, 6.45) is 8.21. The number of hydrogen-bond donors (Lipinski definition) is 2. The van der Waals surface area contributed by atoms with Gasteiger partial charge in [0.15, 0.2) is 0 Å². The molecule has 0 atom stereocenters. The third-order valence-corrected chi connectivity index (χ3v) is 3.35. The van der Waals surface area contributed by atoms with Gasteiger partial charge in [-0.3, -0.25) is 4.79 Å². The van der Waals surface area contributed by atoms with Gasteiger partial charge in [0.1, 0.15) is 0 Å². The summed E-state index contributed by atoms with van der Waals surface area (Å²) in [6, 6.07) is 0. The quantitative estimate of drug-likeness (QED) is 0.534. The van der Waals surface area contributed by atoms with Crippen LogP contribution in [0.1, 0.15) is 39.0 Å². The molecule has 0 radical (unpaired) electrons. The molecule has 0 aromatic rings. The number of carbonyl (C=O) groups excluding carboxylic acids is 1. The standard InChI is InChI=1S/C13H24N2O/c1-3-9-14-10-12(16)15-11-13(2)7-5-4-6-8-13/h3,14H,1,4-11H2,2H3,(H,15,16). The molecule has 0 saturated heterocycles. The highest BCUT2D eigenvalue weighted by Crippen LogP contribution is 2.34. The van der Waals surface area contributed by atoms with Gasteiger partial charge in [-0.2, -0.15) is 0 Å². The summed E-state index contributed by atoms with van der Waals surface area (Å²) in [5, 5.41) is 6.02. The summed E-state index contributed by atoms with van der Waals surface area (Å²) in [6.45, 7) is 7.77. The van der Waals surface area contributed by atoms with Crippen molar-refractivity contribution in [3.63, 3.8) is 0 Å². The lowest BCUT2D eigenvalue weighted by atomic mass is 9.76. The van der Waals surface area contributed by atoms with Gasteiger partial charge >= 0.3 is 0 Å². The van der Waals surface area contributed by atoms with Crippen LogP contribution in [0.3, 0.4) is 0 Å². The zero-order valence-electron chi connectivity index (χ0n) is 10.3. The molecule has 1 aliphatic carbocycles. The van der Waals surface area contributed by atoms with Gasteiger partial charge < -0.3 is 10.6 Å². The predicted molar refractivity (Wildman–Crippen MR) is 67.3 cm³/mol. The van der Waals surface area contributed by atoms with Crippen molar-refractivity contribution >= 4 is 5.91 Å². The van der Waals surface area contributed by atoms with E-state index in [2.05, 4.69) is 24.1 Å². The molecule has 0 aromatic carbocycles. The van der Waals surface area contributed by atoms with Gasteiger partial charge in [-0.05, 0) is 18.3 Å². The fourth-order valence-corrected chi connectivity index (χ4v) is 2.24. The summed E-state index contributed by atoms with van der Waals surface area (Å²) in [5.41, 5.74) is 0.326. The zero-order chi connectivity index (χ0) is 11.9. The molecule has 0 aromatic heterocycles. The predicted octanol–water partition coefficient (Wildman–Crippen LogP) is 1.85. The summed E-state index contributed by atoms with van der Waals surface area (Å²) < 4.78 is 0. The minimum atomic E-state index is 0.0913. The molecular weight excluding hydrogens is 200 g/mol. The summed E-state index contributed by atoms with van der Waals surface area (Å²) in [7, 11) is 0. The first kappa shape index (κ1) is 13.2. The minimum absolute atomic E-state index is 0.0913. The van der Waals surface area contributed by atoms with Crippen molar-refractivity contribution in [1.29, 1.82) is 0 Å². The molecule has 16 heavy (non-hydrogen) atoms. The number of nitrogens with one attached hydrogen (secondary N) is 2. The molecule has 0 bridgehead atoms. The average Bonchev–Trinajstić information content (AvgIpc) is 2.28. The Labute approximate surface area is 98.7 Å². The molecule has 1 aliphatic rings. The second-order valence-corrected chi connectivity index (χ2v) is 5.07. The summed E-state index contributed by atoms with van der Waals surface area (Å²) in [4.78, 5) is 11.5. The summed E-state index contributed by atoms with van der Waals surface area (Å²) >= 11 is 0. The van der Waals surface area contributed by atoms with E-state index in [-0.39, 0.29) is 5.91 Å². The molecule has 1 fully saturated rings. The molecule has 2 N–H and O–H groups in total. The van der Waals surface area contributed by atoms with E-state index in [0.29, 0.717) is 18.5 Å². The number of rotatable bonds is 6. The highest BCUT2D eigenvalue weighted by molar-refractivity contribution is 5.78. The number of hydrogen-bond acceptors (Lipinski definition) is 2. The van der Waals surface area contributed by atoms with E-state index in [0.717, 1.165) is 6.54 Å². The highest BCUT2D eigenvalue weighted by Gasteiger charge is 2.26. The highest BCUT2D eigenvalue weighted by atomic mass is 16.1. The van der Waals surface area contributed by atoms with Crippen molar-refractivity contribution in [3.05, 3.63) is 12.7 Å². The first-order valence-corrected chi connectivity index (χ1v) is 6.25. The van der Waals surface area contributed by atoms with Crippen molar-refractivity contribution in [1.82, 2.24) is 10.6 Å². The van der Waals surface area contributed by atoms with Crippen LogP contribution in [-0.4, -0.2) is 25.5 Å². The second-order valence-electron chi connectivity index (χ2n) is 5.07. The van der Waals surface area contributed by atoms with E-state index in [9.17, 15) is 4.79 Å². The van der Waals surface area contributed by atoms with E-state index in [1.165, 1.54) is 32.1 Å². The molecule has 3 nitrogen and oxygen atoms in total. The molecule has 92 valence electrons. The van der Waals surface area contributed by atoms with Gasteiger partial charge in [0, 0.05) is 13.1 Å². The van der Waals surface area contributed by atoms with Gasteiger partial charge in [-0.1, -0.05) is 32.3 Å². The topological polar surface area (TPSA) is 41.1 Å². The van der Waals surface area contributed by atoms with Gasteiger partial charge in [0.25, 0.3) is 0 Å². The van der Waals surface area contributed by atoms with Crippen molar-refractivity contribution < 1.29 is 4.79 Å². The maximum absolute atomic E-state index is 11.5. The minimum Gasteiger partial charge on any atom is -0.354 e. The van der Waals surface area contributed by atoms with Crippen LogP contribution in [0.4, 0.5) is 0 Å². The maximum atomic E-state index is 11.5. The molecular formula is C13H24N2O. The van der Waals surface area contributed by atoms with Crippen LogP contribution >= 0.6 is 0 Å². The Morgan fingerprint density at radius 3 is 2.69 bits per heavy atom. The van der Waals surface area contributed by atoms with E-state index in [1.54, 1.807) is 6.08 Å². The van der Waals surface area contributed by atoms with Crippen LogP contribution in [0.5, 0.6) is 0 Å². The Morgan fingerprint density at radius 2 is 2.06 bits per heavy atom. The largest absolute Gasteiger partial charge is 0.354 e. The third kappa shape index (κ3) is 4.79. The maximum Gasteiger partial charge on any atom is 0.233 e. The van der Waals surface area contributed by atoms with Gasteiger partial charge in [0.05, 0.1) is 6.54 Å². The molecule has 1 amide bonds. The van der Waals surface area contributed by atoms with Gasteiger partial charge in [-0.15, -0.1) is 6.58 Å². The monoisotopic (exact) mass is 224 g/mol. The molecule has 0 heterocycles. The lowest BCUT2D eigenvalue weighted by Crippen LogP contribution is -2.41. The molecule has 3 heteroatoms. The first-order valence-electron chi connectivity index (χ1n) is 6.25. The zero-order valence-corrected chi connectivity index (χ0v) is 10.3. The van der Waals surface area contributed by atoms with E-state index in [1.807, 2.05) is 0 Å². The van der Waals surface area contributed by atoms with Crippen LogP contribution in [0, 0.1) is 5.41 Å². The normalized spacial score (nSPS) is 19.1. The number of carbonyl (C=O) groups is 1. The Bertz CT molecular complexity index is 232. The SMILES string of the molecule is C=CCNCC(=O)NCC1(C)CCCCC1. The fraction of sp³-hybridized carbons (Fsp3) is 0.769. The Morgan fingerprint density at radius 1 is 1.38 bits per heavy atom. The van der Waals surface area contributed by atoms with Gasteiger partial charge in [-0.25, -0.2) is 0 Å². The molecule has 1 saturated carbocycles. The van der Waals surface area contributed by atoms with Crippen LogP contribution < -0.4 is 10.6 Å². The lowest BCUT2D eigenvalue weighted by Gasteiger charge is -2.33. The molecule has 0 aliphatic heterocycles. The Balaban J connectivity index is 2.17. The second kappa shape index (κ2) is 6.69. The van der Waals surface area contributed by atoms with Crippen LogP contribution in [0.25, 0.3) is 0 Å². The Hall–Kier alpha value is -0.830.